The molecule has 2 heterocycles. The standard InChI is InChI=1S/C12H10N2O4/c1-2-4-14-11(16)9(10(15)13-12(14)17)6-8-3-5-18-7-8/h2-3,5-7H,1,4H2,(H,13,15,17)/b9-6+. The minimum atomic E-state index is -0.741. The van der Waals surface area contributed by atoms with E-state index in [1.807, 2.05) is 0 Å². The molecule has 1 aliphatic heterocycles. The summed E-state index contributed by atoms with van der Waals surface area (Å²) in [7, 11) is 0. The van der Waals surface area contributed by atoms with Gasteiger partial charge in [0.05, 0.1) is 12.5 Å². The summed E-state index contributed by atoms with van der Waals surface area (Å²) in [5, 5.41) is 2.09. The van der Waals surface area contributed by atoms with Crippen molar-refractivity contribution < 1.29 is 18.8 Å². The van der Waals surface area contributed by atoms with E-state index in [0.29, 0.717) is 5.56 Å². The van der Waals surface area contributed by atoms with Crippen LogP contribution in [0.4, 0.5) is 4.79 Å². The van der Waals surface area contributed by atoms with Crippen molar-refractivity contribution in [2.75, 3.05) is 6.54 Å². The molecule has 0 spiro atoms. The van der Waals surface area contributed by atoms with Crippen molar-refractivity contribution in [2.45, 2.75) is 0 Å². The van der Waals surface area contributed by atoms with Crippen molar-refractivity contribution >= 4 is 23.9 Å². The fraction of sp³-hybridized carbons (Fsp3) is 0.0833. The number of carbonyl (C=O) groups is 3. The monoisotopic (exact) mass is 246 g/mol. The van der Waals surface area contributed by atoms with Crippen LogP contribution in [0.3, 0.4) is 0 Å². The van der Waals surface area contributed by atoms with E-state index in [1.54, 1.807) is 6.07 Å². The average molecular weight is 246 g/mol. The number of nitrogens with zero attached hydrogens (tertiary/aromatic N) is 1. The first kappa shape index (κ1) is 11.8. The van der Waals surface area contributed by atoms with Crippen molar-refractivity contribution in [3.63, 3.8) is 0 Å². The summed E-state index contributed by atoms with van der Waals surface area (Å²) in [6.07, 6.45) is 5.58. The molecule has 0 aliphatic carbocycles. The van der Waals surface area contributed by atoms with Crippen LogP contribution in [0.15, 0.2) is 41.2 Å². The number of barbiturate groups is 1. The Morgan fingerprint density at radius 3 is 2.78 bits per heavy atom. The maximum atomic E-state index is 12.0. The van der Waals surface area contributed by atoms with Crippen molar-refractivity contribution in [3.05, 3.63) is 42.4 Å². The SMILES string of the molecule is C=CCN1C(=O)NC(=O)/C(=C\c2ccoc2)C1=O. The summed E-state index contributed by atoms with van der Waals surface area (Å²) in [5.41, 5.74) is 0.458. The van der Waals surface area contributed by atoms with Crippen LogP contribution in [0.5, 0.6) is 0 Å². The molecule has 1 aromatic rings. The van der Waals surface area contributed by atoms with E-state index in [9.17, 15) is 14.4 Å². The molecule has 1 N–H and O–H groups in total. The van der Waals surface area contributed by atoms with Crippen molar-refractivity contribution in [3.8, 4) is 0 Å². The number of nitrogens with one attached hydrogen (secondary N) is 1. The lowest BCUT2D eigenvalue weighted by Crippen LogP contribution is -2.54. The summed E-state index contributed by atoms with van der Waals surface area (Å²) in [6.45, 7) is 3.49. The maximum Gasteiger partial charge on any atom is 0.331 e. The minimum absolute atomic E-state index is 0.0423. The number of hydrogen-bond acceptors (Lipinski definition) is 4. The third-order valence-corrected chi connectivity index (χ3v) is 2.35. The molecule has 18 heavy (non-hydrogen) atoms. The summed E-state index contributed by atoms with van der Waals surface area (Å²) in [6, 6.07) is 0.858. The van der Waals surface area contributed by atoms with Crippen LogP contribution in [0.1, 0.15) is 5.56 Å². The molecule has 0 aromatic carbocycles. The van der Waals surface area contributed by atoms with Gasteiger partial charge >= 0.3 is 6.03 Å². The molecule has 4 amide bonds. The van der Waals surface area contributed by atoms with Gasteiger partial charge in [0, 0.05) is 12.1 Å². The largest absolute Gasteiger partial charge is 0.472 e. The van der Waals surface area contributed by atoms with Crippen molar-refractivity contribution in [2.24, 2.45) is 0 Å². The summed E-state index contributed by atoms with van der Waals surface area (Å²) in [5.74, 6) is -1.36. The zero-order valence-corrected chi connectivity index (χ0v) is 9.38. The summed E-state index contributed by atoms with van der Waals surface area (Å²) in [4.78, 5) is 35.9. The molecule has 0 unspecified atom stereocenters. The Bertz CT molecular complexity index is 542. The Hall–Kier alpha value is -2.63. The van der Waals surface area contributed by atoms with Crippen LogP contribution in [0.25, 0.3) is 6.08 Å². The predicted octanol–water partition coefficient (Wildman–Crippen LogP) is 0.927. The maximum absolute atomic E-state index is 12.0. The van der Waals surface area contributed by atoms with Gasteiger partial charge in [0.1, 0.15) is 5.57 Å². The van der Waals surface area contributed by atoms with E-state index < -0.39 is 17.8 Å². The highest BCUT2D eigenvalue weighted by Crippen LogP contribution is 2.14. The third kappa shape index (κ3) is 2.08. The second-order valence-electron chi connectivity index (χ2n) is 3.58. The van der Waals surface area contributed by atoms with Crippen molar-refractivity contribution in [1.82, 2.24) is 10.2 Å². The first-order valence-electron chi connectivity index (χ1n) is 5.15. The summed E-state index contributed by atoms with van der Waals surface area (Å²) >= 11 is 0. The molecular weight excluding hydrogens is 236 g/mol. The quantitative estimate of drug-likeness (QED) is 0.488. The average Bonchev–Trinajstić information content (AvgIpc) is 2.83. The lowest BCUT2D eigenvalue weighted by atomic mass is 10.1. The van der Waals surface area contributed by atoms with Gasteiger partial charge in [0.25, 0.3) is 11.8 Å². The van der Waals surface area contributed by atoms with E-state index in [4.69, 9.17) is 4.42 Å². The van der Waals surface area contributed by atoms with Gasteiger partial charge in [-0.25, -0.2) is 4.79 Å². The Morgan fingerprint density at radius 1 is 1.39 bits per heavy atom. The first-order valence-corrected chi connectivity index (χ1v) is 5.15. The topological polar surface area (TPSA) is 79.6 Å². The molecule has 6 heteroatoms. The highest BCUT2D eigenvalue weighted by atomic mass is 16.3. The molecular formula is C12H10N2O4. The zero-order chi connectivity index (χ0) is 13.1. The van der Waals surface area contributed by atoms with E-state index in [-0.39, 0.29) is 12.1 Å². The number of carbonyl (C=O) groups excluding carboxylic acids is 3. The van der Waals surface area contributed by atoms with Crippen molar-refractivity contribution in [1.29, 1.82) is 0 Å². The highest BCUT2D eigenvalue weighted by Gasteiger charge is 2.34. The normalized spacial score (nSPS) is 18.1. The fourth-order valence-electron chi connectivity index (χ4n) is 1.51. The smallest absolute Gasteiger partial charge is 0.331 e. The van der Waals surface area contributed by atoms with Gasteiger partial charge in [-0.05, 0) is 12.1 Å². The van der Waals surface area contributed by atoms with E-state index in [2.05, 4.69) is 11.9 Å². The number of amides is 4. The van der Waals surface area contributed by atoms with Crippen LogP contribution >= 0.6 is 0 Å². The third-order valence-electron chi connectivity index (χ3n) is 2.35. The van der Waals surface area contributed by atoms with Gasteiger partial charge in [-0.1, -0.05) is 6.08 Å². The second-order valence-corrected chi connectivity index (χ2v) is 3.58. The van der Waals surface area contributed by atoms with Gasteiger partial charge in [-0.3, -0.25) is 19.8 Å². The van der Waals surface area contributed by atoms with Gasteiger partial charge in [0.2, 0.25) is 0 Å². The van der Waals surface area contributed by atoms with E-state index >= 15 is 0 Å². The molecule has 1 aromatic heterocycles. The molecule has 2 rings (SSSR count). The Balaban J connectivity index is 2.35. The fourth-order valence-corrected chi connectivity index (χ4v) is 1.51. The molecule has 0 bridgehead atoms. The van der Waals surface area contributed by atoms with Crippen LogP contribution in [-0.4, -0.2) is 29.3 Å². The van der Waals surface area contributed by atoms with E-state index in [0.717, 1.165) is 4.90 Å². The molecule has 0 radical (unpaired) electrons. The number of furan rings is 1. The Morgan fingerprint density at radius 2 is 2.17 bits per heavy atom. The number of imide groups is 2. The molecule has 1 aliphatic rings. The lowest BCUT2D eigenvalue weighted by molar-refractivity contribution is -0.129. The van der Waals surface area contributed by atoms with Gasteiger partial charge < -0.3 is 4.42 Å². The van der Waals surface area contributed by atoms with Gasteiger partial charge in [-0.2, -0.15) is 0 Å². The van der Waals surface area contributed by atoms with Crippen LogP contribution < -0.4 is 5.32 Å². The molecule has 92 valence electrons. The van der Waals surface area contributed by atoms with E-state index in [1.165, 1.54) is 24.7 Å². The summed E-state index contributed by atoms with van der Waals surface area (Å²) < 4.78 is 4.84. The lowest BCUT2D eigenvalue weighted by Gasteiger charge is -2.24. The van der Waals surface area contributed by atoms with Gasteiger partial charge in [0.15, 0.2) is 0 Å². The van der Waals surface area contributed by atoms with Gasteiger partial charge in [-0.15, -0.1) is 6.58 Å². The predicted molar refractivity (Wildman–Crippen MR) is 62.1 cm³/mol. The Labute approximate surface area is 103 Å². The number of urea groups is 1. The minimum Gasteiger partial charge on any atom is -0.472 e. The molecule has 6 nitrogen and oxygen atoms in total. The van der Waals surface area contributed by atoms with Crippen LogP contribution in [0.2, 0.25) is 0 Å². The van der Waals surface area contributed by atoms with Crippen LogP contribution in [0, 0.1) is 0 Å². The molecule has 1 fully saturated rings. The number of rotatable bonds is 3. The highest BCUT2D eigenvalue weighted by molar-refractivity contribution is 6.31. The number of hydrogen-bond donors (Lipinski definition) is 1. The first-order chi connectivity index (χ1) is 8.63. The zero-order valence-electron chi connectivity index (χ0n) is 9.38. The Kier molecular flexibility index (Phi) is 3.09. The molecule has 0 saturated carbocycles. The molecule has 0 atom stereocenters. The molecule has 1 saturated heterocycles. The van der Waals surface area contributed by atoms with Crippen LogP contribution in [-0.2, 0) is 9.59 Å². The second kappa shape index (κ2) is 4.70.